The largest absolute Gasteiger partial charge is 0.497 e. The molecular weight excluding hydrogens is 208 g/mol. The Morgan fingerprint density at radius 2 is 1.80 bits per heavy atom. The number of rotatable bonds is 6. The van der Waals surface area contributed by atoms with E-state index in [-0.39, 0.29) is 0 Å². The Bertz CT molecular complexity index is 267. The number of hydrogen-bond acceptors (Lipinski definition) is 3. The van der Waals surface area contributed by atoms with E-state index in [0.29, 0.717) is 5.92 Å². The molecule has 0 radical (unpaired) electrons. The highest BCUT2D eigenvalue weighted by Crippen LogP contribution is 2.18. The van der Waals surface area contributed by atoms with Gasteiger partial charge in [-0.2, -0.15) is 12.6 Å². The van der Waals surface area contributed by atoms with Gasteiger partial charge in [0.1, 0.15) is 11.5 Å². The first-order valence-electron chi connectivity index (χ1n) is 5.17. The van der Waals surface area contributed by atoms with Crippen LogP contribution < -0.4 is 9.47 Å². The highest BCUT2D eigenvalue weighted by atomic mass is 32.1. The molecule has 1 aromatic rings. The molecule has 0 saturated carbocycles. The normalized spacial score (nSPS) is 12.2. The molecule has 1 atom stereocenters. The van der Waals surface area contributed by atoms with Crippen LogP contribution in [0.5, 0.6) is 11.5 Å². The summed E-state index contributed by atoms with van der Waals surface area (Å²) in [4.78, 5) is 0. The molecule has 0 heterocycles. The maximum atomic E-state index is 5.64. The number of benzene rings is 1. The predicted octanol–water partition coefficient (Wildman–Crippen LogP) is 3.03. The summed E-state index contributed by atoms with van der Waals surface area (Å²) in [5.41, 5.74) is 0. The zero-order chi connectivity index (χ0) is 11.1. The summed E-state index contributed by atoms with van der Waals surface area (Å²) in [6.07, 6.45) is 1.10. The Kier molecular flexibility index (Phi) is 5.40. The SMILES string of the molecule is CCC(CS)COc1ccc(OC)cc1. The minimum absolute atomic E-state index is 0.524. The summed E-state index contributed by atoms with van der Waals surface area (Å²) in [5.74, 6) is 3.13. The van der Waals surface area contributed by atoms with Crippen molar-refractivity contribution in [2.24, 2.45) is 5.92 Å². The lowest BCUT2D eigenvalue weighted by Gasteiger charge is -2.13. The Morgan fingerprint density at radius 3 is 2.27 bits per heavy atom. The molecule has 2 nitrogen and oxygen atoms in total. The van der Waals surface area contributed by atoms with E-state index in [2.05, 4.69) is 19.6 Å². The molecule has 0 bridgehead atoms. The van der Waals surface area contributed by atoms with Crippen molar-refractivity contribution in [3.8, 4) is 11.5 Å². The van der Waals surface area contributed by atoms with Crippen LogP contribution in [0.3, 0.4) is 0 Å². The van der Waals surface area contributed by atoms with Crippen LogP contribution in [0.1, 0.15) is 13.3 Å². The molecule has 84 valence electrons. The summed E-state index contributed by atoms with van der Waals surface area (Å²) in [6, 6.07) is 7.64. The average Bonchev–Trinajstić information content (AvgIpc) is 2.31. The molecule has 1 rings (SSSR count). The molecule has 0 aliphatic carbocycles. The summed E-state index contributed by atoms with van der Waals surface area (Å²) in [5, 5.41) is 0. The third kappa shape index (κ3) is 4.04. The van der Waals surface area contributed by atoms with E-state index in [1.54, 1.807) is 7.11 Å². The van der Waals surface area contributed by atoms with Gasteiger partial charge in [-0.1, -0.05) is 6.92 Å². The van der Waals surface area contributed by atoms with Gasteiger partial charge >= 0.3 is 0 Å². The molecule has 0 N–H and O–H groups in total. The zero-order valence-corrected chi connectivity index (χ0v) is 10.2. The first kappa shape index (κ1) is 12.2. The quantitative estimate of drug-likeness (QED) is 0.752. The van der Waals surface area contributed by atoms with Gasteiger partial charge in [-0.3, -0.25) is 0 Å². The highest BCUT2D eigenvalue weighted by Gasteiger charge is 2.04. The standard InChI is InChI=1S/C12H18O2S/c1-3-10(9-15)8-14-12-6-4-11(13-2)5-7-12/h4-7,10,15H,3,8-9H2,1-2H3. The van der Waals surface area contributed by atoms with E-state index in [9.17, 15) is 0 Å². The number of ether oxygens (including phenoxy) is 2. The van der Waals surface area contributed by atoms with E-state index in [4.69, 9.17) is 9.47 Å². The van der Waals surface area contributed by atoms with E-state index >= 15 is 0 Å². The van der Waals surface area contributed by atoms with Crippen LogP contribution in [0.4, 0.5) is 0 Å². The molecule has 1 aromatic carbocycles. The Hall–Kier alpha value is -0.830. The van der Waals surface area contributed by atoms with Gasteiger partial charge < -0.3 is 9.47 Å². The minimum Gasteiger partial charge on any atom is -0.497 e. The second kappa shape index (κ2) is 6.62. The van der Waals surface area contributed by atoms with E-state index in [0.717, 1.165) is 30.3 Å². The van der Waals surface area contributed by atoms with Crippen molar-refractivity contribution in [3.63, 3.8) is 0 Å². The Morgan fingerprint density at radius 1 is 1.20 bits per heavy atom. The molecule has 0 saturated heterocycles. The molecule has 0 aliphatic rings. The van der Waals surface area contributed by atoms with Crippen molar-refractivity contribution in [1.82, 2.24) is 0 Å². The first-order chi connectivity index (χ1) is 7.30. The average molecular weight is 226 g/mol. The molecule has 15 heavy (non-hydrogen) atoms. The highest BCUT2D eigenvalue weighted by molar-refractivity contribution is 7.80. The lowest BCUT2D eigenvalue weighted by atomic mass is 10.1. The van der Waals surface area contributed by atoms with Gasteiger partial charge in [0.15, 0.2) is 0 Å². The van der Waals surface area contributed by atoms with Gasteiger partial charge in [-0.15, -0.1) is 0 Å². The molecule has 0 aromatic heterocycles. The third-order valence-corrected chi connectivity index (χ3v) is 2.90. The minimum atomic E-state index is 0.524. The van der Waals surface area contributed by atoms with Crippen LogP contribution >= 0.6 is 12.6 Å². The fourth-order valence-corrected chi connectivity index (χ4v) is 1.55. The third-order valence-electron chi connectivity index (χ3n) is 2.38. The van der Waals surface area contributed by atoms with Crippen molar-refractivity contribution >= 4 is 12.6 Å². The zero-order valence-electron chi connectivity index (χ0n) is 9.27. The Labute approximate surface area is 97.0 Å². The molecule has 0 spiro atoms. The van der Waals surface area contributed by atoms with E-state index < -0.39 is 0 Å². The van der Waals surface area contributed by atoms with Gasteiger partial charge in [-0.25, -0.2) is 0 Å². The second-order valence-corrected chi connectivity index (χ2v) is 3.81. The van der Waals surface area contributed by atoms with Crippen LogP contribution in [0.25, 0.3) is 0 Å². The summed E-state index contributed by atoms with van der Waals surface area (Å²) < 4.78 is 10.7. The molecule has 1 unspecified atom stereocenters. The van der Waals surface area contributed by atoms with Gasteiger partial charge in [0.05, 0.1) is 13.7 Å². The smallest absolute Gasteiger partial charge is 0.119 e. The van der Waals surface area contributed by atoms with Gasteiger partial charge in [0.25, 0.3) is 0 Å². The van der Waals surface area contributed by atoms with Gasteiger partial charge in [-0.05, 0) is 36.4 Å². The van der Waals surface area contributed by atoms with Crippen molar-refractivity contribution in [3.05, 3.63) is 24.3 Å². The van der Waals surface area contributed by atoms with E-state index in [1.807, 2.05) is 24.3 Å². The summed E-state index contributed by atoms with van der Waals surface area (Å²) in [6.45, 7) is 2.88. The van der Waals surface area contributed by atoms with Crippen LogP contribution in [-0.2, 0) is 0 Å². The maximum Gasteiger partial charge on any atom is 0.119 e. The second-order valence-electron chi connectivity index (χ2n) is 3.44. The number of methoxy groups -OCH3 is 1. The van der Waals surface area contributed by atoms with Crippen molar-refractivity contribution in [1.29, 1.82) is 0 Å². The first-order valence-corrected chi connectivity index (χ1v) is 5.81. The van der Waals surface area contributed by atoms with Crippen LogP contribution in [0, 0.1) is 5.92 Å². The van der Waals surface area contributed by atoms with Gasteiger partial charge in [0, 0.05) is 5.92 Å². The molecule has 0 aliphatic heterocycles. The lowest BCUT2D eigenvalue weighted by Crippen LogP contribution is -2.12. The summed E-state index contributed by atoms with van der Waals surface area (Å²) in [7, 11) is 1.66. The fourth-order valence-electron chi connectivity index (χ4n) is 1.19. The Balaban J connectivity index is 2.43. The number of hydrogen-bond donors (Lipinski definition) is 1. The van der Waals surface area contributed by atoms with Crippen LogP contribution in [0.15, 0.2) is 24.3 Å². The summed E-state index contributed by atoms with van der Waals surface area (Å²) >= 11 is 4.27. The fraction of sp³-hybridized carbons (Fsp3) is 0.500. The molecule has 0 amide bonds. The van der Waals surface area contributed by atoms with Gasteiger partial charge in [0.2, 0.25) is 0 Å². The number of thiol groups is 1. The van der Waals surface area contributed by atoms with Crippen molar-refractivity contribution in [2.45, 2.75) is 13.3 Å². The molecule has 3 heteroatoms. The van der Waals surface area contributed by atoms with Crippen molar-refractivity contribution < 1.29 is 9.47 Å². The topological polar surface area (TPSA) is 18.5 Å². The monoisotopic (exact) mass is 226 g/mol. The van der Waals surface area contributed by atoms with E-state index in [1.165, 1.54) is 0 Å². The lowest BCUT2D eigenvalue weighted by molar-refractivity contribution is 0.259. The molecular formula is C12H18O2S. The maximum absolute atomic E-state index is 5.64. The predicted molar refractivity (Wildman–Crippen MR) is 66.1 cm³/mol. The van der Waals surface area contributed by atoms with Crippen LogP contribution in [-0.4, -0.2) is 19.5 Å². The van der Waals surface area contributed by atoms with Crippen molar-refractivity contribution in [2.75, 3.05) is 19.5 Å². The molecule has 0 fully saturated rings. The van der Waals surface area contributed by atoms with Crippen LogP contribution in [0.2, 0.25) is 0 Å².